The van der Waals surface area contributed by atoms with Crippen molar-refractivity contribution in [3.8, 4) is 22.4 Å². The number of carbonyl (C=O) groups is 1. The molecule has 0 unspecified atom stereocenters. The molecule has 1 aromatic carbocycles. The lowest BCUT2D eigenvalue weighted by Crippen LogP contribution is -2.21. The Morgan fingerprint density at radius 2 is 1.92 bits per heavy atom. The molecule has 0 saturated heterocycles. The molecule has 0 spiro atoms. The fraction of sp³-hybridized carbons (Fsp3) is 0.286. The van der Waals surface area contributed by atoms with Gasteiger partial charge in [-0.3, -0.25) is 19.9 Å². The zero-order valence-corrected chi connectivity index (χ0v) is 21.0. The number of aromatic amines is 1. The SMILES string of the molecule is CC1(C)CCc2c(-c3cc(NC=O)cc(-c4cncc(N)c4)c3)n[nH]c2C1.CNCc1cccnc1. The first-order valence-corrected chi connectivity index (χ1v) is 12.0. The molecular formula is C28H33N7O. The fourth-order valence-corrected chi connectivity index (χ4v) is 4.49. The van der Waals surface area contributed by atoms with Crippen LogP contribution in [0.25, 0.3) is 22.4 Å². The molecule has 1 aliphatic rings. The molecular weight excluding hydrogens is 450 g/mol. The van der Waals surface area contributed by atoms with E-state index in [-0.39, 0.29) is 5.41 Å². The van der Waals surface area contributed by atoms with Crippen LogP contribution in [0, 0.1) is 5.41 Å². The Hall–Kier alpha value is -4.04. The van der Waals surface area contributed by atoms with E-state index in [4.69, 9.17) is 5.73 Å². The zero-order valence-electron chi connectivity index (χ0n) is 21.0. The summed E-state index contributed by atoms with van der Waals surface area (Å²) in [7, 11) is 1.92. The highest BCUT2D eigenvalue weighted by Gasteiger charge is 2.29. The van der Waals surface area contributed by atoms with Crippen LogP contribution in [0.4, 0.5) is 11.4 Å². The van der Waals surface area contributed by atoms with Crippen molar-refractivity contribution in [1.29, 1.82) is 0 Å². The number of nitrogens with one attached hydrogen (secondary N) is 3. The third kappa shape index (κ3) is 6.14. The van der Waals surface area contributed by atoms with Gasteiger partial charge in [0.05, 0.1) is 11.4 Å². The van der Waals surface area contributed by atoms with E-state index in [1.165, 1.54) is 16.8 Å². The van der Waals surface area contributed by atoms with Gasteiger partial charge < -0.3 is 16.4 Å². The lowest BCUT2D eigenvalue weighted by atomic mass is 9.76. The summed E-state index contributed by atoms with van der Waals surface area (Å²) in [5.74, 6) is 0. The molecule has 4 aromatic rings. The van der Waals surface area contributed by atoms with Crippen LogP contribution in [-0.2, 0) is 24.2 Å². The third-order valence-electron chi connectivity index (χ3n) is 6.29. The summed E-state index contributed by atoms with van der Waals surface area (Å²) in [5, 5.41) is 13.6. The lowest BCUT2D eigenvalue weighted by molar-refractivity contribution is -0.105. The molecule has 0 radical (unpaired) electrons. The summed E-state index contributed by atoms with van der Waals surface area (Å²) in [4.78, 5) is 19.2. The predicted molar refractivity (Wildman–Crippen MR) is 144 cm³/mol. The number of rotatable bonds is 6. The quantitative estimate of drug-likeness (QED) is 0.297. The van der Waals surface area contributed by atoms with Gasteiger partial charge in [-0.05, 0) is 73.2 Å². The molecule has 0 bridgehead atoms. The summed E-state index contributed by atoms with van der Waals surface area (Å²) in [6.45, 7) is 5.47. The van der Waals surface area contributed by atoms with Crippen LogP contribution in [0.2, 0.25) is 0 Å². The van der Waals surface area contributed by atoms with E-state index < -0.39 is 0 Å². The summed E-state index contributed by atoms with van der Waals surface area (Å²) >= 11 is 0. The largest absolute Gasteiger partial charge is 0.397 e. The number of pyridine rings is 2. The molecule has 1 amide bonds. The maximum Gasteiger partial charge on any atom is 0.211 e. The number of nitrogen functional groups attached to an aromatic ring is 1. The maximum absolute atomic E-state index is 11.0. The van der Waals surface area contributed by atoms with Crippen molar-refractivity contribution in [2.24, 2.45) is 5.41 Å². The summed E-state index contributed by atoms with van der Waals surface area (Å²) in [6.07, 6.45) is 10.8. The van der Waals surface area contributed by atoms with Gasteiger partial charge >= 0.3 is 0 Å². The molecule has 3 aromatic heterocycles. The van der Waals surface area contributed by atoms with Gasteiger partial charge in [-0.2, -0.15) is 5.10 Å². The number of nitrogens with zero attached hydrogens (tertiary/aromatic N) is 3. The van der Waals surface area contributed by atoms with Crippen LogP contribution < -0.4 is 16.4 Å². The van der Waals surface area contributed by atoms with Crippen molar-refractivity contribution in [2.45, 2.75) is 39.7 Å². The molecule has 0 aliphatic heterocycles. The van der Waals surface area contributed by atoms with E-state index in [0.717, 1.165) is 48.2 Å². The van der Waals surface area contributed by atoms with Crippen LogP contribution in [0.5, 0.6) is 0 Å². The molecule has 36 heavy (non-hydrogen) atoms. The Labute approximate surface area is 211 Å². The second-order valence-electron chi connectivity index (χ2n) is 9.83. The summed E-state index contributed by atoms with van der Waals surface area (Å²) in [6, 6.07) is 11.8. The van der Waals surface area contributed by atoms with Gasteiger partial charge in [0.1, 0.15) is 0 Å². The topological polar surface area (TPSA) is 122 Å². The maximum atomic E-state index is 11.0. The van der Waals surface area contributed by atoms with Crippen molar-refractivity contribution in [3.05, 3.63) is 78.0 Å². The number of carbonyl (C=O) groups excluding carboxylic acids is 1. The number of nitrogens with two attached hydrogens (primary N) is 1. The number of benzene rings is 1. The van der Waals surface area contributed by atoms with E-state index in [1.807, 2.05) is 43.6 Å². The molecule has 5 rings (SSSR count). The molecule has 3 heterocycles. The van der Waals surface area contributed by atoms with E-state index in [9.17, 15) is 4.79 Å². The fourth-order valence-electron chi connectivity index (χ4n) is 4.49. The average molecular weight is 484 g/mol. The highest BCUT2D eigenvalue weighted by molar-refractivity contribution is 5.82. The van der Waals surface area contributed by atoms with Gasteiger partial charge in [0.15, 0.2) is 0 Å². The van der Waals surface area contributed by atoms with E-state index >= 15 is 0 Å². The van der Waals surface area contributed by atoms with Crippen LogP contribution in [0.1, 0.15) is 37.1 Å². The van der Waals surface area contributed by atoms with Gasteiger partial charge in [0.2, 0.25) is 6.41 Å². The minimum atomic E-state index is 0.288. The van der Waals surface area contributed by atoms with Crippen LogP contribution >= 0.6 is 0 Å². The Morgan fingerprint density at radius 3 is 2.64 bits per heavy atom. The standard InChI is InChI=1S/C21H23N5O.C7H10N2/c1-21(2)4-3-18-19(9-21)25-26-20(18)14-5-13(7-17(8-14)24-12-27)15-6-16(22)11-23-10-15;1-8-5-7-3-2-4-9-6-7/h5-8,10-12H,3-4,9,22H2,1-2H3,(H,24,27)(H,25,26);2-4,6,8H,5H2,1H3. The molecule has 186 valence electrons. The number of hydrogen-bond acceptors (Lipinski definition) is 6. The Balaban J connectivity index is 0.000000286. The van der Waals surface area contributed by atoms with Crippen molar-refractivity contribution >= 4 is 17.8 Å². The highest BCUT2D eigenvalue weighted by Crippen LogP contribution is 2.39. The number of hydrogen-bond donors (Lipinski definition) is 4. The number of amides is 1. The average Bonchev–Trinajstić information content (AvgIpc) is 3.27. The third-order valence-corrected chi connectivity index (χ3v) is 6.29. The van der Waals surface area contributed by atoms with Crippen LogP contribution in [0.3, 0.4) is 0 Å². The molecule has 8 nitrogen and oxygen atoms in total. The van der Waals surface area contributed by atoms with Crippen molar-refractivity contribution < 1.29 is 4.79 Å². The van der Waals surface area contributed by atoms with Crippen LogP contribution in [-0.4, -0.2) is 33.6 Å². The zero-order chi connectivity index (χ0) is 25.5. The Kier molecular flexibility index (Phi) is 7.75. The molecule has 1 aliphatic carbocycles. The van der Waals surface area contributed by atoms with Gasteiger partial charge in [-0.25, -0.2) is 0 Å². The van der Waals surface area contributed by atoms with Gasteiger partial charge in [0, 0.05) is 59.4 Å². The molecule has 0 atom stereocenters. The Bertz CT molecular complexity index is 1310. The lowest BCUT2D eigenvalue weighted by Gasteiger charge is -2.29. The van der Waals surface area contributed by atoms with E-state index in [1.54, 1.807) is 18.6 Å². The number of fused-ring (bicyclic) bond motifs is 1. The second kappa shape index (κ2) is 11.1. The van der Waals surface area contributed by atoms with Gasteiger partial charge in [0.25, 0.3) is 0 Å². The van der Waals surface area contributed by atoms with E-state index in [2.05, 4.69) is 50.7 Å². The van der Waals surface area contributed by atoms with Gasteiger partial charge in [-0.15, -0.1) is 0 Å². The number of aromatic nitrogens is 4. The molecule has 5 N–H and O–H groups in total. The minimum absolute atomic E-state index is 0.288. The monoisotopic (exact) mass is 483 g/mol. The minimum Gasteiger partial charge on any atom is -0.397 e. The highest BCUT2D eigenvalue weighted by atomic mass is 16.1. The van der Waals surface area contributed by atoms with E-state index in [0.29, 0.717) is 17.8 Å². The first-order chi connectivity index (χ1) is 17.4. The van der Waals surface area contributed by atoms with Crippen LogP contribution in [0.15, 0.2) is 61.2 Å². The first kappa shape index (κ1) is 25.1. The summed E-state index contributed by atoms with van der Waals surface area (Å²) in [5.41, 5.74) is 15.0. The normalized spacial score (nSPS) is 13.8. The molecule has 0 saturated carbocycles. The smallest absolute Gasteiger partial charge is 0.211 e. The van der Waals surface area contributed by atoms with Gasteiger partial charge in [-0.1, -0.05) is 19.9 Å². The molecule has 0 fully saturated rings. The number of anilines is 2. The first-order valence-electron chi connectivity index (χ1n) is 12.0. The predicted octanol–water partition coefficient (Wildman–Crippen LogP) is 4.61. The van der Waals surface area contributed by atoms with Crippen molar-refractivity contribution in [1.82, 2.24) is 25.5 Å². The van der Waals surface area contributed by atoms with Crippen molar-refractivity contribution in [3.63, 3.8) is 0 Å². The summed E-state index contributed by atoms with van der Waals surface area (Å²) < 4.78 is 0. The van der Waals surface area contributed by atoms with Crippen molar-refractivity contribution in [2.75, 3.05) is 18.1 Å². The second-order valence-corrected chi connectivity index (χ2v) is 9.83. The number of H-pyrrole nitrogens is 1. The molecule has 8 heteroatoms. The Morgan fingerprint density at radius 1 is 1.08 bits per heavy atom.